The molecule has 4 nitrogen and oxygen atoms in total. The minimum atomic E-state index is -0.0824. The summed E-state index contributed by atoms with van der Waals surface area (Å²) in [6.45, 7) is 5.30. The standard InChI is InChI=1S/C26H27N3O/c1-19-10-12-21(13-11-19)18-29(26(30)28-23-7-5-6-20(2)16-23)15-14-22-17-27-25-9-4-3-8-24(22)25/h3-13,16-17,27H,14-15,18H2,1-2H3,(H,28,30). The number of aryl methyl sites for hydroxylation is 2. The second-order valence-electron chi connectivity index (χ2n) is 7.82. The fourth-order valence-corrected chi connectivity index (χ4v) is 3.69. The van der Waals surface area contributed by atoms with Crippen molar-refractivity contribution in [1.29, 1.82) is 0 Å². The largest absolute Gasteiger partial charge is 0.361 e. The lowest BCUT2D eigenvalue weighted by molar-refractivity contribution is 0.210. The van der Waals surface area contributed by atoms with E-state index in [0.717, 1.165) is 28.8 Å². The highest BCUT2D eigenvalue weighted by molar-refractivity contribution is 5.89. The Morgan fingerprint density at radius 3 is 2.53 bits per heavy atom. The number of aromatic amines is 1. The molecular weight excluding hydrogens is 370 g/mol. The lowest BCUT2D eigenvalue weighted by Gasteiger charge is -2.23. The number of aromatic nitrogens is 1. The number of amides is 2. The fraction of sp³-hybridized carbons (Fsp3) is 0.192. The SMILES string of the molecule is Cc1ccc(CN(CCc2c[nH]c3ccccc23)C(=O)Nc2cccc(C)c2)cc1. The molecule has 4 aromatic rings. The number of carbonyl (C=O) groups is 1. The van der Waals surface area contributed by atoms with Crippen LogP contribution in [0, 0.1) is 13.8 Å². The molecule has 1 aromatic heterocycles. The highest BCUT2D eigenvalue weighted by atomic mass is 16.2. The van der Waals surface area contributed by atoms with Crippen molar-refractivity contribution in [2.24, 2.45) is 0 Å². The van der Waals surface area contributed by atoms with Gasteiger partial charge in [-0.3, -0.25) is 0 Å². The van der Waals surface area contributed by atoms with Gasteiger partial charge in [0.05, 0.1) is 0 Å². The van der Waals surface area contributed by atoms with E-state index in [1.165, 1.54) is 16.5 Å². The molecule has 0 radical (unpaired) electrons. The van der Waals surface area contributed by atoms with Gasteiger partial charge in [0.1, 0.15) is 0 Å². The first-order valence-corrected chi connectivity index (χ1v) is 10.3. The fourth-order valence-electron chi connectivity index (χ4n) is 3.69. The van der Waals surface area contributed by atoms with Crippen molar-refractivity contribution >= 4 is 22.6 Å². The number of para-hydroxylation sites is 1. The van der Waals surface area contributed by atoms with Crippen LogP contribution in [0.3, 0.4) is 0 Å². The molecule has 0 aliphatic rings. The van der Waals surface area contributed by atoms with Gasteiger partial charge in [0.25, 0.3) is 0 Å². The summed E-state index contributed by atoms with van der Waals surface area (Å²) < 4.78 is 0. The van der Waals surface area contributed by atoms with Crippen molar-refractivity contribution in [3.8, 4) is 0 Å². The number of anilines is 1. The van der Waals surface area contributed by atoms with Crippen LogP contribution in [-0.2, 0) is 13.0 Å². The summed E-state index contributed by atoms with van der Waals surface area (Å²) in [7, 11) is 0. The maximum atomic E-state index is 13.1. The highest BCUT2D eigenvalue weighted by Crippen LogP contribution is 2.19. The summed E-state index contributed by atoms with van der Waals surface area (Å²) in [4.78, 5) is 18.3. The average molecular weight is 398 g/mol. The Hall–Kier alpha value is -3.53. The first kappa shape index (κ1) is 19.8. The second kappa shape index (κ2) is 8.87. The van der Waals surface area contributed by atoms with E-state index in [1.807, 2.05) is 54.4 Å². The molecule has 0 aliphatic carbocycles. The molecular formula is C26H27N3O. The maximum absolute atomic E-state index is 13.1. The summed E-state index contributed by atoms with van der Waals surface area (Å²) >= 11 is 0. The number of rotatable bonds is 6. The van der Waals surface area contributed by atoms with Gasteiger partial charge in [-0.25, -0.2) is 4.79 Å². The second-order valence-corrected chi connectivity index (χ2v) is 7.82. The predicted molar refractivity (Wildman–Crippen MR) is 124 cm³/mol. The molecule has 3 aromatic carbocycles. The van der Waals surface area contributed by atoms with Gasteiger partial charge in [-0.1, -0.05) is 60.2 Å². The number of H-pyrrole nitrogens is 1. The van der Waals surface area contributed by atoms with E-state index in [4.69, 9.17) is 0 Å². The third-order valence-corrected chi connectivity index (χ3v) is 5.38. The van der Waals surface area contributed by atoms with E-state index in [0.29, 0.717) is 13.1 Å². The zero-order valence-corrected chi connectivity index (χ0v) is 17.5. The van der Waals surface area contributed by atoms with Crippen LogP contribution in [0.4, 0.5) is 10.5 Å². The van der Waals surface area contributed by atoms with Crippen LogP contribution in [0.2, 0.25) is 0 Å². The topological polar surface area (TPSA) is 48.1 Å². The third kappa shape index (κ3) is 4.71. The summed E-state index contributed by atoms with van der Waals surface area (Å²) in [6.07, 6.45) is 2.84. The number of hydrogen-bond donors (Lipinski definition) is 2. The molecule has 2 amide bonds. The van der Waals surface area contributed by atoms with E-state index in [1.54, 1.807) is 0 Å². The van der Waals surface area contributed by atoms with Crippen molar-refractivity contribution in [2.75, 3.05) is 11.9 Å². The van der Waals surface area contributed by atoms with Gasteiger partial charge in [0, 0.05) is 35.9 Å². The Morgan fingerprint density at radius 1 is 0.933 bits per heavy atom. The molecule has 0 unspecified atom stereocenters. The number of nitrogens with one attached hydrogen (secondary N) is 2. The number of carbonyl (C=O) groups excluding carboxylic acids is 1. The Balaban J connectivity index is 1.52. The van der Waals surface area contributed by atoms with E-state index >= 15 is 0 Å². The van der Waals surface area contributed by atoms with E-state index in [-0.39, 0.29) is 6.03 Å². The molecule has 0 bridgehead atoms. The van der Waals surface area contributed by atoms with Crippen LogP contribution >= 0.6 is 0 Å². The van der Waals surface area contributed by atoms with Gasteiger partial charge in [-0.05, 0) is 55.2 Å². The van der Waals surface area contributed by atoms with Crippen molar-refractivity contribution < 1.29 is 4.79 Å². The molecule has 4 heteroatoms. The van der Waals surface area contributed by atoms with Gasteiger partial charge in [0.15, 0.2) is 0 Å². The molecule has 30 heavy (non-hydrogen) atoms. The normalized spacial score (nSPS) is 10.9. The van der Waals surface area contributed by atoms with Gasteiger partial charge in [-0.15, -0.1) is 0 Å². The van der Waals surface area contributed by atoms with E-state index in [2.05, 4.69) is 53.6 Å². The number of hydrogen-bond acceptors (Lipinski definition) is 1. The van der Waals surface area contributed by atoms with Crippen LogP contribution < -0.4 is 5.32 Å². The van der Waals surface area contributed by atoms with Gasteiger partial charge in [-0.2, -0.15) is 0 Å². The van der Waals surface area contributed by atoms with Gasteiger partial charge >= 0.3 is 6.03 Å². The quantitative estimate of drug-likeness (QED) is 0.408. The smallest absolute Gasteiger partial charge is 0.322 e. The summed E-state index contributed by atoms with van der Waals surface area (Å²) in [5.41, 5.74) is 6.63. The number of benzene rings is 3. The Kier molecular flexibility index (Phi) is 5.84. The summed E-state index contributed by atoms with van der Waals surface area (Å²) in [5.74, 6) is 0. The summed E-state index contributed by atoms with van der Waals surface area (Å²) in [5, 5.41) is 4.28. The molecule has 4 rings (SSSR count). The molecule has 0 spiro atoms. The Morgan fingerprint density at radius 2 is 1.73 bits per heavy atom. The average Bonchev–Trinajstić information content (AvgIpc) is 3.15. The van der Waals surface area contributed by atoms with Crippen molar-refractivity contribution in [3.63, 3.8) is 0 Å². The molecule has 0 fully saturated rings. The lowest BCUT2D eigenvalue weighted by Crippen LogP contribution is -2.36. The Bertz CT molecular complexity index is 1140. The number of nitrogens with zero attached hydrogens (tertiary/aromatic N) is 1. The maximum Gasteiger partial charge on any atom is 0.322 e. The zero-order chi connectivity index (χ0) is 20.9. The van der Waals surface area contributed by atoms with Crippen molar-refractivity contribution in [3.05, 3.63) is 101 Å². The minimum absolute atomic E-state index is 0.0824. The number of urea groups is 1. The van der Waals surface area contributed by atoms with Crippen molar-refractivity contribution in [1.82, 2.24) is 9.88 Å². The van der Waals surface area contributed by atoms with Gasteiger partial charge in [0.2, 0.25) is 0 Å². The predicted octanol–water partition coefficient (Wildman–Crippen LogP) is 6.06. The van der Waals surface area contributed by atoms with Crippen LogP contribution in [0.1, 0.15) is 22.3 Å². The van der Waals surface area contributed by atoms with Gasteiger partial charge < -0.3 is 15.2 Å². The molecule has 1 heterocycles. The first-order valence-electron chi connectivity index (χ1n) is 10.3. The summed E-state index contributed by atoms with van der Waals surface area (Å²) in [6, 6.07) is 24.5. The molecule has 0 saturated heterocycles. The van der Waals surface area contributed by atoms with Crippen LogP contribution in [-0.4, -0.2) is 22.5 Å². The molecule has 0 aliphatic heterocycles. The molecule has 0 saturated carbocycles. The molecule has 152 valence electrons. The minimum Gasteiger partial charge on any atom is -0.361 e. The van der Waals surface area contributed by atoms with Crippen molar-refractivity contribution in [2.45, 2.75) is 26.8 Å². The Labute approximate surface area is 177 Å². The monoisotopic (exact) mass is 397 g/mol. The number of fused-ring (bicyclic) bond motifs is 1. The van der Waals surface area contributed by atoms with E-state index < -0.39 is 0 Å². The van der Waals surface area contributed by atoms with Crippen LogP contribution in [0.5, 0.6) is 0 Å². The highest BCUT2D eigenvalue weighted by Gasteiger charge is 2.15. The van der Waals surface area contributed by atoms with E-state index in [9.17, 15) is 4.79 Å². The van der Waals surface area contributed by atoms with Crippen LogP contribution in [0.25, 0.3) is 10.9 Å². The lowest BCUT2D eigenvalue weighted by atomic mass is 10.1. The third-order valence-electron chi connectivity index (χ3n) is 5.38. The molecule has 2 N–H and O–H groups in total. The first-order chi connectivity index (χ1) is 14.6. The molecule has 0 atom stereocenters. The van der Waals surface area contributed by atoms with Crippen LogP contribution in [0.15, 0.2) is 79.0 Å². The zero-order valence-electron chi connectivity index (χ0n) is 17.5.